The van der Waals surface area contributed by atoms with Crippen LogP contribution in [0.4, 0.5) is 0 Å². The third-order valence-corrected chi connectivity index (χ3v) is 6.27. The van der Waals surface area contributed by atoms with Gasteiger partial charge in [0.25, 0.3) is 5.56 Å². The third-order valence-electron chi connectivity index (χ3n) is 6.27. The van der Waals surface area contributed by atoms with E-state index in [1.807, 2.05) is 38.1 Å². The van der Waals surface area contributed by atoms with Gasteiger partial charge >= 0.3 is 5.69 Å². The minimum Gasteiger partial charge on any atom is -0.497 e. The Bertz CT molecular complexity index is 1300. The van der Waals surface area contributed by atoms with E-state index < -0.39 is 17.1 Å². The summed E-state index contributed by atoms with van der Waals surface area (Å²) in [5.74, 6) is 0.313. The van der Waals surface area contributed by atoms with E-state index >= 15 is 0 Å². The number of hydrazone groups is 1. The number of nitrogens with zero attached hydrogens (tertiary/aromatic N) is 4. The monoisotopic (exact) mass is 452 g/mol. The average molecular weight is 453 g/mol. The van der Waals surface area contributed by atoms with Gasteiger partial charge < -0.3 is 9.84 Å². The lowest BCUT2D eigenvalue weighted by atomic mass is 9.78. The van der Waals surface area contributed by atoms with Crippen molar-refractivity contribution >= 4 is 11.5 Å². The number of ether oxygens (including phenoxy) is 1. The topological polar surface area (TPSA) is 106 Å². The maximum absolute atomic E-state index is 12.9. The summed E-state index contributed by atoms with van der Waals surface area (Å²) in [4.78, 5) is 37.6. The van der Waals surface area contributed by atoms with Crippen LogP contribution in [0, 0.1) is 5.41 Å². The highest BCUT2D eigenvalue weighted by Crippen LogP contribution is 2.42. The number of carbonyl (C=O) groups is 1. The van der Waals surface area contributed by atoms with Crippen molar-refractivity contribution in [2.24, 2.45) is 24.6 Å². The molecule has 0 radical (unpaired) electrons. The molecule has 0 fully saturated rings. The van der Waals surface area contributed by atoms with Crippen LogP contribution in [-0.2, 0) is 18.9 Å². The van der Waals surface area contributed by atoms with Crippen LogP contribution in [0.3, 0.4) is 0 Å². The van der Waals surface area contributed by atoms with E-state index in [-0.39, 0.29) is 22.8 Å². The van der Waals surface area contributed by atoms with Crippen LogP contribution in [0.15, 0.2) is 50.7 Å². The molecule has 1 atom stereocenters. The van der Waals surface area contributed by atoms with Crippen LogP contribution in [-0.4, -0.2) is 37.9 Å². The number of benzene rings is 1. The molecule has 0 unspecified atom stereocenters. The zero-order chi connectivity index (χ0) is 24.1. The number of aromatic nitrogens is 2. The van der Waals surface area contributed by atoms with Crippen molar-refractivity contribution in [3.05, 3.63) is 68.0 Å². The van der Waals surface area contributed by atoms with E-state index in [2.05, 4.69) is 0 Å². The standard InChI is InChI=1S/C24H28N4O5/c1-24(2)12-15(10-16(29)13-24)28-19(14-6-8-17(33-5)9-7-14)11-18(25-28)20-21(30)26(3)23(32)27(4)22(20)31/h6-10,19,30H,11-13H2,1-5H3/t19-/m0/s1. The van der Waals surface area contributed by atoms with E-state index in [0.29, 0.717) is 30.7 Å². The van der Waals surface area contributed by atoms with Crippen LogP contribution >= 0.6 is 0 Å². The van der Waals surface area contributed by atoms with Crippen LogP contribution in [0.2, 0.25) is 0 Å². The molecule has 33 heavy (non-hydrogen) atoms. The van der Waals surface area contributed by atoms with E-state index in [1.165, 1.54) is 14.1 Å². The van der Waals surface area contributed by atoms with Gasteiger partial charge in [0.05, 0.1) is 18.9 Å². The largest absolute Gasteiger partial charge is 0.497 e. The number of methoxy groups -OCH3 is 1. The second-order valence-electron chi connectivity index (χ2n) is 9.41. The first-order valence-electron chi connectivity index (χ1n) is 10.8. The third kappa shape index (κ3) is 3.99. The summed E-state index contributed by atoms with van der Waals surface area (Å²) in [6.45, 7) is 4.07. The van der Waals surface area contributed by atoms with Gasteiger partial charge in [-0.3, -0.25) is 23.7 Å². The number of allylic oxidation sites excluding steroid dienone is 2. The smallest absolute Gasteiger partial charge is 0.333 e. The van der Waals surface area contributed by atoms with E-state index in [4.69, 9.17) is 9.84 Å². The molecule has 1 aromatic carbocycles. The van der Waals surface area contributed by atoms with Crippen LogP contribution in [0.1, 0.15) is 50.3 Å². The van der Waals surface area contributed by atoms with Gasteiger partial charge in [0.1, 0.15) is 11.3 Å². The van der Waals surface area contributed by atoms with Crippen molar-refractivity contribution in [2.45, 2.75) is 39.2 Å². The average Bonchev–Trinajstić information content (AvgIpc) is 3.20. The van der Waals surface area contributed by atoms with Crippen molar-refractivity contribution in [3.8, 4) is 11.6 Å². The summed E-state index contributed by atoms with van der Waals surface area (Å²) in [5, 5.41) is 17.2. The Morgan fingerprint density at radius 3 is 2.33 bits per heavy atom. The van der Waals surface area contributed by atoms with Gasteiger partial charge in [-0.15, -0.1) is 0 Å². The summed E-state index contributed by atoms with van der Waals surface area (Å²) in [6.07, 6.45) is 3.03. The first kappa shape index (κ1) is 22.6. The minimum absolute atomic E-state index is 0.0115. The van der Waals surface area contributed by atoms with Gasteiger partial charge in [-0.1, -0.05) is 26.0 Å². The molecule has 2 heterocycles. The Morgan fingerprint density at radius 2 is 1.73 bits per heavy atom. The summed E-state index contributed by atoms with van der Waals surface area (Å²) in [6, 6.07) is 7.24. The Morgan fingerprint density at radius 1 is 1.06 bits per heavy atom. The quantitative estimate of drug-likeness (QED) is 0.763. The summed E-state index contributed by atoms with van der Waals surface area (Å²) in [7, 11) is 4.36. The lowest BCUT2D eigenvalue weighted by Gasteiger charge is -2.34. The van der Waals surface area contributed by atoms with Crippen LogP contribution in [0.25, 0.3) is 0 Å². The SMILES string of the molecule is COc1ccc([C@@H]2CC(c3c(O)n(C)c(=O)n(C)c3=O)=NN2C2=CC(=O)CC(C)(C)C2)cc1. The van der Waals surface area contributed by atoms with Gasteiger partial charge in [-0.25, -0.2) is 4.79 Å². The molecule has 1 aliphatic carbocycles. The molecule has 0 spiro atoms. The molecule has 0 bridgehead atoms. The molecule has 0 amide bonds. The molecule has 9 nitrogen and oxygen atoms in total. The lowest BCUT2D eigenvalue weighted by Crippen LogP contribution is -2.39. The van der Waals surface area contributed by atoms with E-state index in [9.17, 15) is 19.5 Å². The number of ketones is 1. The van der Waals surface area contributed by atoms with Crippen molar-refractivity contribution in [2.75, 3.05) is 7.11 Å². The zero-order valence-electron chi connectivity index (χ0n) is 19.5. The Kier molecular flexibility index (Phi) is 5.51. The number of rotatable bonds is 4. The number of hydrogen-bond donors (Lipinski definition) is 1. The fraction of sp³-hybridized carbons (Fsp3) is 0.417. The number of hydrogen-bond acceptors (Lipinski definition) is 7. The Labute approximate surface area is 191 Å². The van der Waals surface area contributed by atoms with Crippen LogP contribution < -0.4 is 16.0 Å². The second kappa shape index (κ2) is 8.06. The highest BCUT2D eigenvalue weighted by atomic mass is 16.5. The second-order valence-corrected chi connectivity index (χ2v) is 9.41. The van der Waals surface area contributed by atoms with Gasteiger partial charge in [0.2, 0.25) is 5.88 Å². The normalized spacial score (nSPS) is 20.0. The highest BCUT2D eigenvalue weighted by Gasteiger charge is 2.38. The van der Waals surface area contributed by atoms with Crippen molar-refractivity contribution in [1.29, 1.82) is 0 Å². The van der Waals surface area contributed by atoms with Crippen molar-refractivity contribution in [1.82, 2.24) is 14.1 Å². The lowest BCUT2D eigenvalue weighted by molar-refractivity contribution is -0.117. The minimum atomic E-state index is -0.620. The predicted molar refractivity (Wildman–Crippen MR) is 123 cm³/mol. The zero-order valence-corrected chi connectivity index (χ0v) is 19.5. The molecule has 1 N–H and O–H groups in total. The van der Waals surface area contributed by atoms with Gasteiger partial charge in [0, 0.05) is 38.7 Å². The molecular weight excluding hydrogens is 424 g/mol. The molecule has 1 aliphatic heterocycles. The van der Waals surface area contributed by atoms with E-state index in [0.717, 1.165) is 20.4 Å². The maximum atomic E-state index is 12.9. The first-order chi connectivity index (χ1) is 15.5. The van der Waals surface area contributed by atoms with E-state index in [1.54, 1.807) is 18.2 Å². The fourth-order valence-electron chi connectivity index (χ4n) is 4.56. The molecule has 2 aliphatic rings. The van der Waals surface area contributed by atoms with Gasteiger partial charge in [-0.05, 0) is 29.5 Å². The number of carbonyl (C=O) groups excluding carboxylic acids is 1. The summed E-state index contributed by atoms with van der Waals surface area (Å²) < 4.78 is 7.25. The fourth-order valence-corrected chi connectivity index (χ4v) is 4.56. The predicted octanol–water partition coefficient (Wildman–Crippen LogP) is 2.22. The Hall–Kier alpha value is -3.62. The summed E-state index contributed by atoms with van der Waals surface area (Å²) in [5.41, 5.74) is 0.577. The van der Waals surface area contributed by atoms with Crippen molar-refractivity contribution < 1.29 is 14.6 Å². The molecule has 9 heteroatoms. The van der Waals surface area contributed by atoms with Gasteiger partial charge in [-0.2, -0.15) is 5.10 Å². The van der Waals surface area contributed by atoms with Crippen molar-refractivity contribution in [3.63, 3.8) is 0 Å². The molecule has 1 aromatic heterocycles. The molecule has 2 aromatic rings. The van der Waals surface area contributed by atoms with Crippen LogP contribution in [0.5, 0.6) is 11.6 Å². The highest BCUT2D eigenvalue weighted by molar-refractivity contribution is 6.03. The molecule has 0 saturated heterocycles. The maximum Gasteiger partial charge on any atom is 0.333 e. The first-order valence-corrected chi connectivity index (χ1v) is 10.8. The summed E-state index contributed by atoms with van der Waals surface area (Å²) >= 11 is 0. The number of aromatic hydroxyl groups is 1. The molecule has 0 saturated carbocycles. The molecule has 174 valence electrons. The molecule has 4 rings (SSSR count). The Balaban J connectivity index is 1.86. The van der Waals surface area contributed by atoms with Gasteiger partial charge in [0.15, 0.2) is 5.78 Å². The molecular formula is C24H28N4O5.